The number of aromatic amines is 1. The van der Waals surface area contributed by atoms with Crippen molar-refractivity contribution in [1.82, 2.24) is 10.3 Å². The Morgan fingerprint density at radius 2 is 1.96 bits per heavy atom. The number of aryl methyl sites for hydroxylation is 2. The zero-order valence-electron chi connectivity index (χ0n) is 14.3. The van der Waals surface area contributed by atoms with E-state index in [0.717, 1.165) is 49.6 Å². The molecule has 2 aromatic carbocycles. The predicted molar refractivity (Wildman–Crippen MR) is 96.9 cm³/mol. The maximum absolute atomic E-state index is 14.0. The molecule has 0 radical (unpaired) electrons. The lowest BCUT2D eigenvalue weighted by Crippen LogP contribution is -2.35. The lowest BCUT2D eigenvalue weighted by atomic mass is 9.91. The van der Waals surface area contributed by atoms with Gasteiger partial charge in [0.15, 0.2) is 0 Å². The van der Waals surface area contributed by atoms with E-state index in [0.29, 0.717) is 16.9 Å². The van der Waals surface area contributed by atoms with E-state index in [1.165, 1.54) is 17.2 Å². The molecule has 0 bridgehead atoms. The number of aromatic nitrogens is 1. The molecule has 0 spiro atoms. The van der Waals surface area contributed by atoms with Crippen molar-refractivity contribution in [2.75, 3.05) is 6.54 Å². The van der Waals surface area contributed by atoms with E-state index in [2.05, 4.69) is 41.5 Å². The first-order valence-electron chi connectivity index (χ1n) is 8.87. The Balaban J connectivity index is 1.44. The molecule has 1 aromatic heterocycles. The van der Waals surface area contributed by atoms with E-state index in [1.54, 1.807) is 0 Å². The Morgan fingerprint density at radius 1 is 1.16 bits per heavy atom. The average molecular weight is 340 g/mol. The predicted octanol–water partition coefficient (Wildman–Crippen LogP) is 4.44. The molecule has 130 valence electrons. The number of fused-ring (bicyclic) bond motifs is 3. The average Bonchev–Trinajstić information content (AvgIpc) is 2.95. The molecule has 0 fully saturated rings. The van der Waals surface area contributed by atoms with Gasteiger partial charge >= 0.3 is 0 Å². The van der Waals surface area contributed by atoms with Gasteiger partial charge < -0.3 is 10.3 Å². The van der Waals surface area contributed by atoms with Crippen molar-refractivity contribution in [3.8, 4) is 0 Å². The molecule has 1 aliphatic rings. The van der Waals surface area contributed by atoms with Crippen LogP contribution in [0, 0.1) is 18.6 Å². The maximum Gasteiger partial charge on any atom is 0.150 e. The zero-order chi connectivity index (χ0) is 17.4. The first-order chi connectivity index (χ1) is 12.1. The van der Waals surface area contributed by atoms with Crippen LogP contribution in [-0.2, 0) is 19.3 Å². The second-order valence-electron chi connectivity index (χ2n) is 7.02. The molecule has 2 nitrogen and oxygen atoms in total. The van der Waals surface area contributed by atoms with E-state index in [-0.39, 0.29) is 0 Å². The van der Waals surface area contributed by atoms with Crippen molar-refractivity contribution in [3.05, 3.63) is 70.4 Å². The number of nitrogens with one attached hydrogen (secondary N) is 2. The summed E-state index contributed by atoms with van der Waals surface area (Å²) in [7, 11) is 0. The van der Waals surface area contributed by atoms with Gasteiger partial charge in [0, 0.05) is 23.2 Å². The first kappa shape index (κ1) is 16.3. The standard InChI is InChI=1S/C21H22F2N2/c1-13-2-4-14(5-3-13)8-9-24-16-6-7-20-17(12-16)18-10-15(22)11-19(23)21(18)25-20/h2-5,10-11,16,24-25H,6-9,12H2,1H3. The minimum Gasteiger partial charge on any atom is -0.356 e. The first-order valence-corrected chi connectivity index (χ1v) is 8.87. The maximum atomic E-state index is 14.0. The Hall–Kier alpha value is -2.20. The third-order valence-corrected chi connectivity index (χ3v) is 5.18. The quantitative estimate of drug-likeness (QED) is 0.722. The highest BCUT2D eigenvalue weighted by molar-refractivity contribution is 5.85. The fourth-order valence-corrected chi connectivity index (χ4v) is 3.79. The van der Waals surface area contributed by atoms with Crippen LogP contribution >= 0.6 is 0 Å². The van der Waals surface area contributed by atoms with Gasteiger partial charge in [-0.1, -0.05) is 29.8 Å². The van der Waals surface area contributed by atoms with Crippen LogP contribution < -0.4 is 5.32 Å². The molecule has 1 unspecified atom stereocenters. The highest BCUT2D eigenvalue weighted by Crippen LogP contribution is 2.31. The van der Waals surface area contributed by atoms with E-state index in [9.17, 15) is 8.78 Å². The summed E-state index contributed by atoms with van der Waals surface area (Å²) in [5.74, 6) is -1.02. The summed E-state index contributed by atoms with van der Waals surface area (Å²) in [6, 6.07) is 11.4. The van der Waals surface area contributed by atoms with Crippen LogP contribution in [0.15, 0.2) is 36.4 Å². The third kappa shape index (κ3) is 3.31. The second kappa shape index (κ2) is 6.60. The van der Waals surface area contributed by atoms with Crippen molar-refractivity contribution in [2.45, 2.75) is 38.6 Å². The molecule has 1 atom stereocenters. The van der Waals surface area contributed by atoms with Crippen molar-refractivity contribution in [1.29, 1.82) is 0 Å². The number of rotatable bonds is 4. The van der Waals surface area contributed by atoms with E-state index in [4.69, 9.17) is 0 Å². The molecular weight excluding hydrogens is 318 g/mol. The van der Waals surface area contributed by atoms with Crippen molar-refractivity contribution >= 4 is 10.9 Å². The summed E-state index contributed by atoms with van der Waals surface area (Å²) in [6.07, 6.45) is 3.68. The van der Waals surface area contributed by atoms with Crippen LogP contribution in [0.2, 0.25) is 0 Å². The second-order valence-corrected chi connectivity index (χ2v) is 7.02. The summed E-state index contributed by atoms with van der Waals surface area (Å²) >= 11 is 0. The van der Waals surface area contributed by atoms with Gasteiger partial charge in [-0.3, -0.25) is 0 Å². The molecule has 0 saturated heterocycles. The normalized spacial score (nSPS) is 17.0. The third-order valence-electron chi connectivity index (χ3n) is 5.18. The van der Waals surface area contributed by atoms with Crippen LogP contribution in [0.4, 0.5) is 8.78 Å². The Bertz CT molecular complexity index is 896. The summed E-state index contributed by atoms with van der Waals surface area (Å²) in [5.41, 5.74) is 5.15. The number of halogens is 2. The number of benzene rings is 2. The molecule has 2 N–H and O–H groups in total. The van der Waals surface area contributed by atoms with Crippen molar-refractivity contribution in [3.63, 3.8) is 0 Å². The monoisotopic (exact) mass is 340 g/mol. The largest absolute Gasteiger partial charge is 0.356 e. The minimum absolute atomic E-state index is 0.350. The van der Waals surface area contributed by atoms with Crippen molar-refractivity contribution < 1.29 is 8.78 Å². The smallest absolute Gasteiger partial charge is 0.150 e. The molecule has 4 rings (SSSR count). The SMILES string of the molecule is Cc1ccc(CCNC2CCc3[nH]c4c(F)cc(F)cc4c3C2)cc1. The molecule has 1 aliphatic carbocycles. The Kier molecular flexibility index (Phi) is 4.30. The molecule has 1 heterocycles. The lowest BCUT2D eigenvalue weighted by molar-refractivity contribution is 0.460. The zero-order valence-corrected chi connectivity index (χ0v) is 14.3. The summed E-state index contributed by atoms with van der Waals surface area (Å²) in [4.78, 5) is 3.15. The molecule has 0 aliphatic heterocycles. The van der Waals surface area contributed by atoms with E-state index in [1.807, 2.05) is 0 Å². The Labute approximate surface area is 146 Å². The summed E-state index contributed by atoms with van der Waals surface area (Å²) in [6.45, 7) is 3.00. The van der Waals surface area contributed by atoms with Crippen LogP contribution in [0.25, 0.3) is 10.9 Å². The molecule has 25 heavy (non-hydrogen) atoms. The van der Waals surface area contributed by atoms with Crippen LogP contribution in [0.3, 0.4) is 0 Å². The van der Waals surface area contributed by atoms with E-state index >= 15 is 0 Å². The van der Waals surface area contributed by atoms with Gasteiger partial charge in [-0.2, -0.15) is 0 Å². The summed E-state index contributed by atoms with van der Waals surface area (Å²) < 4.78 is 27.6. The van der Waals surface area contributed by atoms with Crippen LogP contribution in [0.1, 0.15) is 28.8 Å². The number of hydrogen-bond donors (Lipinski definition) is 2. The topological polar surface area (TPSA) is 27.8 Å². The van der Waals surface area contributed by atoms with Gasteiger partial charge in [-0.05, 0) is 56.3 Å². The van der Waals surface area contributed by atoms with Crippen LogP contribution in [0.5, 0.6) is 0 Å². The molecular formula is C21H22F2N2. The molecule has 0 saturated carbocycles. The minimum atomic E-state index is -0.513. The fourth-order valence-electron chi connectivity index (χ4n) is 3.79. The van der Waals surface area contributed by atoms with Gasteiger partial charge in [0.05, 0.1) is 5.52 Å². The van der Waals surface area contributed by atoms with Gasteiger partial charge in [0.2, 0.25) is 0 Å². The van der Waals surface area contributed by atoms with Gasteiger partial charge in [0.1, 0.15) is 11.6 Å². The number of hydrogen-bond acceptors (Lipinski definition) is 1. The van der Waals surface area contributed by atoms with Gasteiger partial charge in [-0.25, -0.2) is 8.78 Å². The molecule has 4 heteroatoms. The van der Waals surface area contributed by atoms with Crippen LogP contribution in [-0.4, -0.2) is 17.6 Å². The van der Waals surface area contributed by atoms with E-state index < -0.39 is 11.6 Å². The molecule has 3 aromatic rings. The lowest BCUT2D eigenvalue weighted by Gasteiger charge is -2.23. The fraction of sp³-hybridized carbons (Fsp3) is 0.333. The van der Waals surface area contributed by atoms with Gasteiger partial charge in [-0.15, -0.1) is 0 Å². The highest BCUT2D eigenvalue weighted by Gasteiger charge is 2.23. The molecule has 0 amide bonds. The summed E-state index contributed by atoms with van der Waals surface area (Å²) in [5, 5.41) is 4.30. The highest BCUT2D eigenvalue weighted by atomic mass is 19.1. The Morgan fingerprint density at radius 3 is 2.76 bits per heavy atom. The van der Waals surface area contributed by atoms with Crippen molar-refractivity contribution in [2.24, 2.45) is 0 Å². The van der Waals surface area contributed by atoms with Gasteiger partial charge in [0.25, 0.3) is 0 Å². The number of H-pyrrole nitrogens is 1.